The summed E-state index contributed by atoms with van der Waals surface area (Å²) >= 11 is 1.27. The number of rotatable bonds is 3. The van der Waals surface area contributed by atoms with Crippen molar-refractivity contribution < 1.29 is 9.90 Å². The smallest absolute Gasteiger partial charge is 0.263 e. The van der Waals surface area contributed by atoms with Crippen molar-refractivity contribution in [2.45, 2.75) is 6.92 Å². The van der Waals surface area contributed by atoms with Crippen LogP contribution in [0.4, 0.5) is 5.69 Å². The lowest BCUT2D eigenvalue weighted by Crippen LogP contribution is -2.26. The molecule has 0 aliphatic carbocycles. The van der Waals surface area contributed by atoms with E-state index in [-0.39, 0.29) is 19.1 Å². The molecule has 17 heavy (non-hydrogen) atoms. The van der Waals surface area contributed by atoms with Crippen molar-refractivity contribution in [3.8, 4) is 0 Å². The molecule has 0 unspecified atom stereocenters. The zero-order valence-electron chi connectivity index (χ0n) is 9.36. The van der Waals surface area contributed by atoms with Crippen molar-refractivity contribution in [2.24, 2.45) is 0 Å². The zero-order chi connectivity index (χ0) is 12.4. The summed E-state index contributed by atoms with van der Waals surface area (Å²) < 4.78 is 0. The first-order chi connectivity index (χ1) is 8.15. The molecule has 90 valence electrons. The van der Waals surface area contributed by atoms with E-state index in [0.717, 1.165) is 15.8 Å². The SMILES string of the molecule is Cc1ccnc2sc(C(=O)NCCO)c(N)c12. The Morgan fingerprint density at radius 3 is 3.06 bits per heavy atom. The van der Waals surface area contributed by atoms with Gasteiger partial charge in [-0.3, -0.25) is 4.79 Å². The van der Waals surface area contributed by atoms with Crippen molar-refractivity contribution in [3.05, 3.63) is 22.7 Å². The van der Waals surface area contributed by atoms with Gasteiger partial charge in [0.15, 0.2) is 0 Å². The number of hydrogen-bond donors (Lipinski definition) is 3. The summed E-state index contributed by atoms with van der Waals surface area (Å²) in [6.07, 6.45) is 1.70. The van der Waals surface area contributed by atoms with E-state index in [1.807, 2.05) is 13.0 Å². The number of fused-ring (bicyclic) bond motifs is 1. The van der Waals surface area contributed by atoms with Crippen LogP contribution in [0.15, 0.2) is 12.3 Å². The molecule has 5 nitrogen and oxygen atoms in total. The van der Waals surface area contributed by atoms with E-state index in [4.69, 9.17) is 10.8 Å². The number of amides is 1. The number of aliphatic hydroxyl groups excluding tert-OH is 1. The molecule has 2 heterocycles. The first kappa shape index (κ1) is 11.8. The van der Waals surface area contributed by atoms with Gasteiger partial charge in [-0.15, -0.1) is 11.3 Å². The molecular weight excluding hydrogens is 238 g/mol. The fourth-order valence-electron chi connectivity index (χ4n) is 1.62. The summed E-state index contributed by atoms with van der Waals surface area (Å²) in [5, 5.41) is 12.1. The molecule has 0 aliphatic rings. The number of aryl methyl sites for hydroxylation is 1. The van der Waals surface area contributed by atoms with Crippen LogP contribution in [0, 0.1) is 6.92 Å². The fraction of sp³-hybridized carbons (Fsp3) is 0.273. The molecule has 0 saturated heterocycles. The molecule has 0 bridgehead atoms. The number of carbonyl (C=O) groups excluding carboxylic acids is 1. The molecule has 6 heteroatoms. The molecular formula is C11H13N3O2S. The van der Waals surface area contributed by atoms with Crippen LogP contribution in [-0.2, 0) is 0 Å². The van der Waals surface area contributed by atoms with Gasteiger partial charge in [-0.1, -0.05) is 0 Å². The second kappa shape index (κ2) is 4.68. The fourth-order valence-corrected chi connectivity index (χ4v) is 2.68. The zero-order valence-corrected chi connectivity index (χ0v) is 10.2. The number of nitrogens with one attached hydrogen (secondary N) is 1. The van der Waals surface area contributed by atoms with Gasteiger partial charge in [-0.25, -0.2) is 4.98 Å². The number of hydrogen-bond acceptors (Lipinski definition) is 5. The molecule has 4 N–H and O–H groups in total. The van der Waals surface area contributed by atoms with Crippen LogP contribution in [0.5, 0.6) is 0 Å². The van der Waals surface area contributed by atoms with Crippen LogP contribution in [0.2, 0.25) is 0 Å². The minimum absolute atomic E-state index is 0.0895. The standard InChI is InChI=1S/C11H13N3O2S/c1-6-2-3-14-11-7(6)8(12)9(17-11)10(16)13-4-5-15/h2-3,15H,4-5,12H2,1H3,(H,13,16). The van der Waals surface area contributed by atoms with Crippen LogP contribution in [0.3, 0.4) is 0 Å². The largest absolute Gasteiger partial charge is 0.397 e. The predicted molar refractivity (Wildman–Crippen MR) is 68.2 cm³/mol. The van der Waals surface area contributed by atoms with Crippen LogP contribution in [0.1, 0.15) is 15.2 Å². The first-order valence-electron chi connectivity index (χ1n) is 5.17. The Bertz CT molecular complexity index is 565. The monoisotopic (exact) mass is 251 g/mol. The molecule has 2 aromatic heterocycles. The van der Waals surface area contributed by atoms with Crippen LogP contribution in [-0.4, -0.2) is 29.1 Å². The van der Waals surface area contributed by atoms with Gasteiger partial charge in [0, 0.05) is 18.1 Å². The number of carbonyl (C=O) groups is 1. The van der Waals surface area contributed by atoms with Crippen molar-refractivity contribution in [3.63, 3.8) is 0 Å². The van der Waals surface area contributed by atoms with Gasteiger partial charge in [0.05, 0.1) is 12.3 Å². The van der Waals surface area contributed by atoms with E-state index in [1.165, 1.54) is 11.3 Å². The van der Waals surface area contributed by atoms with Gasteiger partial charge < -0.3 is 16.2 Å². The number of nitrogens with zero attached hydrogens (tertiary/aromatic N) is 1. The van der Waals surface area contributed by atoms with Gasteiger partial charge in [-0.05, 0) is 18.6 Å². The molecule has 2 aromatic rings. The lowest BCUT2D eigenvalue weighted by atomic mass is 10.2. The van der Waals surface area contributed by atoms with Gasteiger partial charge >= 0.3 is 0 Å². The first-order valence-corrected chi connectivity index (χ1v) is 5.99. The number of thiophene rings is 1. The minimum atomic E-state index is -0.265. The van der Waals surface area contributed by atoms with Crippen molar-refractivity contribution in [2.75, 3.05) is 18.9 Å². The Hall–Kier alpha value is -1.66. The van der Waals surface area contributed by atoms with Crippen molar-refractivity contribution in [1.29, 1.82) is 0 Å². The van der Waals surface area contributed by atoms with E-state index in [0.29, 0.717) is 10.6 Å². The Kier molecular flexibility index (Phi) is 3.26. The maximum absolute atomic E-state index is 11.8. The van der Waals surface area contributed by atoms with Gasteiger partial charge in [0.2, 0.25) is 0 Å². The van der Waals surface area contributed by atoms with E-state index >= 15 is 0 Å². The summed E-state index contributed by atoms with van der Waals surface area (Å²) in [4.78, 5) is 17.2. The topological polar surface area (TPSA) is 88.2 Å². The van der Waals surface area contributed by atoms with Crippen LogP contribution < -0.4 is 11.1 Å². The summed E-state index contributed by atoms with van der Waals surface area (Å²) in [6, 6.07) is 1.86. The lowest BCUT2D eigenvalue weighted by Gasteiger charge is -2.01. The maximum atomic E-state index is 11.8. The third-order valence-electron chi connectivity index (χ3n) is 2.44. The highest BCUT2D eigenvalue weighted by Crippen LogP contribution is 2.33. The molecule has 2 rings (SSSR count). The normalized spacial score (nSPS) is 10.7. The van der Waals surface area contributed by atoms with Crippen molar-refractivity contribution in [1.82, 2.24) is 10.3 Å². The third-order valence-corrected chi connectivity index (χ3v) is 3.55. The van der Waals surface area contributed by atoms with Gasteiger partial charge in [0.1, 0.15) is 9.71 Å². The number of aliphatic hydroxyl groups is 1. The second-order valence-corrected chi connectivity index (χ2v) is 4.63. The highest BCUT2D eigenvalue weighted by atomic mass is 32.1. The number of pyridine rings is 1. The predicted octanol–water partition coefficient (Wildman–Crippen LogP) is 0.909. The Morgan fingerprint density at radius 2 is 2.41 bits per heavy atom. The molecule has 0 fully saturated rings. The molecule has 0 saturated carbocycles. The lowest BCUT2D eigenvalue weighted by molar-refractivity contribution is 0.0949. The number of nitrogen functional groups attached to an aromatic ring is 1. The Labute approximate surface area is 102 Å². The second-order valence-electron chi connectivity index (χ2n) is 3.63. The quantitative estimate of drug-likeness (QED) is 0.756. The Balaban J connectivity index is 2.46. The average molecular weight is 251 g/mol. The molecule has 0 radical (unpaired) electrons. The molecule has 0 aliphatic heterocycles. The number of aromatic nitrogens is 1. The highest BCUT2D eigenvalue weighted by molar-refractivity contribution is 7.21. The minimum Gasteiger partial charge on any atom is -0.397 e. The summed E-state index contributed by atoms with van der Waals surface area (Å²) in [7, 11) is 0. The highest BCUT2D eigenvalue weighted by Gasteiger charge is 2.17. The average Bonchev–Trinajstić information content (AvgIpc) is 2.65. The van der Waals surface area contributed by atoms with E-state index < -0.39 is 0 Å². The van der Waals surface area contributed by atoms with E-state index in [1.54, 1.807) is 6.20 Å². The summed E-state index contributed by atoms with van der Waals surface area (Å²) in [6.45, 7) is 2.06. The molecule has 0 atom stereocenters. The molecule has 1 amide bonds. The third kappa shape index (κ3) is 2.09. The number of anilines is 1. The van der Waals surface area contributed by atoms with Gasteiger partial charge in [-0.2, -0.15) is 0 Å². The Morgan fingerprint density at radius 1 is 1.65 bits per heavy atom. The van der Waals surface area contributed by atoms with Gasteiger partial charge in [0.25, 0.3) is 5.91 Å². The van der Waals surface area contributed by atoms with Crippen LogP contribution in [0.25, 0.3) is 10.2 Å². The van der Waals surface area contributed by atoms with Crippen molar-refractivity contribution >= 4 is 33.1 Å². The molecule has 0 aromatic carbocycles. The van der Waals surface area contributed by atoms with E-state index in [2.05, 4.69) is 10.3 Å². The molecule has 0 spiro atoms. The summed E-state index contributed by atoms with van der Waals surface area (Å²) in [5.74, 6) is -0.265. The van der Waals surface area contributed by atoms with E-state index in [9.17, 15) is 4.79 Å². The maximum Gasteiger partial charge on any atom is 0.263 e. The van der Waals surface area contributed by atoms with Crippen LogP contribution >= 0.6 is 11.3 Å². The summed E-state index contributed by atoms with van der Waals surface area (Å²) in [5.41, 5.74) is 7.43. The number of nitrogens with two attached hydrogens (primary N) is 1.